The fourth-order valence-corrected chi connectivity index (χ4v) is 3.08. The van der Waals surface area contributed by atoms with Crippen molar-refractivity contribution in [1.82, 2.24) is 29.1 Å². The Morgan fingerprint density at radius 2 is 2.12 bits per heavy atom. The summed E-state index contributed by atoms with van der Waals surface area (Å²) in [5.74, 6) is 1.30. The second-order valence-corrected chi connectivity index (χ2v) is 6.50. The van der Waals surface area contributed by atoms with E-state index in [-0.39, 0.29) is 5.91 Å². The number of aromatic nitrogens is 4. The molecule has 2 aromatic heterocycles. The Morgan fingerprint density at radius 1 is 1.25 bits per heavy atom. The molecule has 0 saturated carbocycles. The number of aryl methyl sites for hydroxylation is 3. The fourth-order valence-electron chi connectivity index (χ4n) is 3.08. The number of imidazole rings is 1. The summed E-state index contributed by atoms with van der Waals surface area (Å²) in [6.07, 6.45) is 9.13. The summed E-state index contributed by atoms with van der Waals surface area (Å²) in [6, 6.07) is 0. The lowest BCUT2D eigenvalue weighted by atomic mass is 10.3. The first kappa shape index (κ1) is 16.7. The van der Waals surface area contributed by atoms with Crippen molar-refractivity contribution >= 4 is 5.91 Å². The number of carbonyl (C=O) groups excluding carboxylic acids is 1. The molecule has 24 heavy (non-hydrogen) atoms. The maximum atomic E-state index is 12.5. The van der Waals surface area contributed by atoms with Crippen molar-refractivity contribution in [2.24, 2.45) is 7.05 Å². The lowest BCUT2D eigenvalue weighted by molar-refractivity contribution is -0.131. The van der Waals surface area contributed by atoms with Crippen molar-refractivity contribution in [3.05, 3.63) is 36.2 Å². The minimum absolute atomic E-state index is 0.224. The summed E-state index contributed by atoms with van der Waals surface area (Å²) >= 11 is 0. The molecule has 0 atom stereocenters. The normalized spacial score (nSPS) is 16.3. The lowest BCUT2D eigenvalue weighted by Crippen LogP contribution is -2.35. The van der Waals surface area contributed by atoms with Gasteiger partial charge in [0.15, 0.2) is 0 Å². The van der Waals surface area contributed by atoms with E-state index in [2.05, 4.69) is 19.5 Å². The number of hydrogen-bond donors (Lipinski definition) is 0. The maximum absolute atomic E-state index is 12.5. The van der Waals surface area contributed by atoms with Crippen LogP contribution in [0.15, 0.2) is 24.8 Å². The van der Waals surface area contributed by atoms with E-state index < -0.39 is 0 Å². The largest absolute Gasteiger partial charge is 0.341 e. The van der Waals surface area contributed by atoms with Gasteiger partial charge in [-0.1, -0.05) is 0 Å². The van der Waals surface area contributed by atoms with Crippen LogP contribution in [0.2, 0.25) is 0 Å². The van der Waals surface area contributed by atoms with E-state index >= 15 is 0 Å². The number of nitrogens with zero attached hydrogens (tertiary/aromatic N) is 6. The van der Waals surface area contributed by atoms with Gasteiger partial charge in [0.2, 0.25) is 5.91 Å². The van der Waals surface area contributed by atoms with E-state index in [0.717, 1.165) is 50.5 Å². The molecule has 1 amide bonds. The Hall–Kier alpha value is -2.15. The first-order valence-electron chi connectivity index (χ1n) is 8.57. The van der Waals surface area contributed by atoms with Gasteiger partial charge in [-0.2, -0.15) is 5.10 Å². The minimum Gasteiger partial charge on any atom is -0.341 e. The van der Waals surface area contributed by atoms with Crippen LogP contribution in [0.3, 0.4) is 0 Å². The summed E-state index contributed by atoms with van der Waals surface area (Å²) in [5, 5.41) is 4.24. The highest BCUT2D eigenvalue weighted by molar-refractivity contribution is 5.76. The van der Waals surface area contributed by atoms with Gasteiger partial charge in [-0.3, -0.25) is 14.4 Å². The molecular formula is C17H26N6O. The van der Waals surface area contributed by atoms with E-state index in [1.165, 1.54) is 0 Å². The van der Waals surface area contributed by atoms with Crippen LogP contribution in [0.5, 0.6) is 0 Å². The van der Waals surface area contributed by atoms with Crippen LogP contribution in [0.25, 0.3) is 0 Å². The summed E-state index contributed by atoms with van der Waals surface area (Å²) in [4.78, 5) is 21.2. The predicted molar refractivity (Wildman–Crippen MR) is 91.3 cm³/mol. The summed E-state index contributed by atoms with van der Waals surface area (Å²) in [7, 11) is 2.02. The third-order valence-corrected chi connectivity index (χ3v) is 4.54. The summed E-state index contributed by atoms with van der Waals surface area (Å²) in [5.41, 5.74) is 1.13. The monoisotopic (exact) mass is 330 g/mol. The smallest absolute Gasteiger partial charge is 0.224 e. The van der Waals surface area contributed by atoms with Crippen LogP contribution >= 0.6 is 0 Å². The topological polar surface area (TPSA) is 59.2 Å². The van der Waals surface area contributed by atoms with Crippen LogP contribution < -0.4 is 0 Å². The highest BCUT2D eigenvalue weighted by Gasteiger charge is 2.19. The van der Waals surface area contributed by atoms with Crippen molar-refractivity contribution in [2.45, 2.75) is 32.9 Å². The number of hydrogen-bond acceptors (Lipinski definition) is 4. The van der Waals surface area contributed by atoms with Gasteiger partial charge in [-0.25, -0.2) is 4.98 Å². The third-order valence-electron chi connectivity index (χ3n) is 4.54. The first-order chi connectivity index (χ1) is 11.6. The van der Waals surface area contributed by atoms with Crippen LogP contribution in [0, 0.1) is 6.92 Å². The van der Waals surface area contributed by atoms with Crippen molar-refractivity contribution in [3.8, 4) is 0 Å². The highest BCUT2D eigenvalue weighted by Crippen LogP contribution is 2.09. The van der Waals surface area contributed by atoms with Gasteiger partial charge in [0, 0.05) is 64.8 Å². The Morgan fingerprint density at radius 3 is 2.83 bits per heavy atom. The molecule has 0 aliphatic carbocycles. The molecule has 3 rings (SSSR count). The molecule has 0 spiro atoms. The summed E-state index contributed by atoms with van der Waals surface area (Å²) in [6.45, 7) is 7.05. The number of carbonyl (C=O) groups is 1. The zero-order valence-corrected chi connectivity index (χ0v) is 14.6. The number of amides is 1. The molecule has 7 nitrogen and oxygen atoms in total. The van der Waals surface area contributed by atoms with Crippen LogP contribution in [0.4, 0.5) is 0 Å². The van der Waals surface area contributed by atoms with Crippen molar-refractivity contribution in [2.75, 3.05) is 26.2 Å². The molecule has 2 aromatic rings. The second-order valence-electron chi connectivity index (χ2n) is 6.50. The zero-order chi connectivity index (χ0) is 16.9. The lowest BCUT2D eigenvalue weighted by Gasteiger charge is -2.22. The molecule has 0 N–H and O–H groups in total. The van der Waals surface area contributed by atoms with Gasteiger partial charge in [0.1, 0.15) is 5.82 Å². The van der Waals surface area contributed by atoms with Crippen molar-refractivity contribution in [1.29, 1.82) is 0 Å². The molecule has 0 radical (unpaired) electrons. The van der Waals surface area contributed by atoms with Crippen LogP contribution in [-0.4, -0.2) is 61.2 Å². The Balaban J connectivity index is 1.47. The molecule has 1 aliphatic rings. The van der Waals surface area contributed by atoms with Crippen molar-refractivity contribution < 1.29 is 4.79 Å². The van der Waals surface area contributed by atoms with Gasteiger partial charge < -0.3 is 9.47 Å². The second kappa shape index (κ2) is 7.61. The molecule has 1 fully saturated rings. The van der Waals surface area contributed by atoms with Gasteiger partial charge in [-0.15, -0.1) is 0 Å². The first-order valence-corrected chi connectivity index (χ1v) is 8.57. The van der Waals surface area contributed by atoms with Crippen molar-refractivity contribution in [3.63, 3.8) is 0 Å². The van der Waals surface area contributed by atoms with Gasteiger partial charge in [0.05, 0.1) is 12.7 Å². The molecule has 0 unspecified atom stereocenters. The van der Waals surface area contributed by atoms with Crippen LogP contribution in [-0.2, 0) is 24.9 Å². The van der Waals surface area contributed by atoms with E-state index in [0.29, 0.717) is 13.0 Å². The predicted octanol–water partition coefficient (Wildman–Crippen LogP) is 1.05. The number of rotatable bonds is 5. The quantitative estimate of drug-likeness (QED) is 0.822. The standard InChI is InChI=1S/C17H26N6O/c1-15-12-19-23(13-15)8-4-17(24)22-7-3-6-21(10-11-22)14-16-18-5-9-20(16)2/h5,9,12-13H,3-4,6-8,10-11,14H2,1-2H3. The van der Waals surface area contributed by atoms with E-state index in [9.17, 15) is 4.79 Å². The molecular weight excluding hydrogens is 304 g/mol. The Kier molecular flexibility index (Phi) is 5.30. The molecule has 0 aromatic carbocycles. The van der Waals surface area contributed by atoms with E-state index in [4.69, 9.17) is 0 Å². The SMILES string of the molecule is Cc1cnn(CCC(=O)N2CCCN(Cc3nccn3C)CC2)c1. The van der Waals surface area contributed by atoms with Gasteiger partial charge >= 0.3 is 0 Å². The van der Waals surface area contributed by atoms with E-state index in [1.54, 1.807) is 0 Å². The minimum atomic E-state index is 0.224. The highest BCUT2D eigenvalue weighted by atomic mass is 16.2. The Labute approximate surface area is 142 Å². The van der Waals surface area contributed by atoms with Gasteiger partial charge in [0.25, 0.3) is 0 Å². The molecule has 1 aliphatic heterocycles. The van der Waals surface area contributed by atoms with Crippen LogP contribution in [0.1, 0.15) is 24.2 Å². The zero-order valence-electron chi connectivity index (χ0n) is 14.6. The maximum Gasteiger partial charge on any atom is 0.224 e. The summed E-state index contributed by atoms with van der Waals surface area (Å²) < 4.78 is 3.90. The Bertz CT molecular complexity index is 676. The average Bonchev–Trinajstić information content (AvgIpc) is 3.08. The molecule has 0 bridgehead atoms. The third kappa shape index (κ3) is 4.23. The molecule has 130 valence electrons. The molecule has 1 saturated heterocycles. The average molecular weight is 330 g/mol. The van der Waals surface area contributed by atoms with E-state index in [1.807, 2.05) is 48.3 Å². The molecule has 7 heteroatoms. The fraction of sp³-hybridized carbons (Fsp3) is 0.588. The van der Waals surface area contributed by atoms with Gasteiger partial charge in [-0.05, 0) is 18.9 Å². The molecule has 3 heterocycles.